The average molecular weight is 244 g/mol. The fourth-order valence-corrected chi connectivity index (χ4v) is 2.66. The molecule has 0 bridgehead atoms. The maximum Gasteiger partial charge on any atom is 0.189 e. The Labute approximate surface area is 105 Å². The van der Waals surface area contributed by atoms with Crippen LogP contribution in [0.1, 0.15) is 53.9 Å². The molecule has 1 aliphatic carbocycles. The lowest BCUT2D eigenvalue weighted by atomic mass is 9.75. The Morgan fingerprint density at radius 2 is 1.82 bits per heavy atom. The van der Waals surface area contributed by atoms with E-state index in [0.717, 1.165) is 12.8 Å². The number of ether oxygens (including phenoxy) is 1. The molecule has 3 nitrogen and oxygen atoms in total. The van der Waals surface area contributed by atoms with Crippen molar-refractivity contribution >= 4 is 0 Å². The summed E-state index contributed by atoms with van der Waals surface area (Å²) in [4.78, 5) is 0. The third-order valence-electron chi connectivity index (χ3n) is 4.13. The Morgan fingerprint density at radius 3 is 2.29 bits per heavy atom. The highest BCUT2D eigenvalue weighted by atomic mass is 16.6. The summed E-state index contributed by atoms with van der Waals surface area (Å²) < 4.78 is 5.79. The van der Waals surface area contributed by atoms with Crippen molar-refractivity contribution in [3.8, 4) is 0 Å². The molecule has 1 aliphatic rings. The van der Waals surface area contributed by atoms with E-state index in [2.05, 4.69) is 20.8 Å². The zero-order valence-corrected chi connectivity index (χ0v) is 11.8. The summed E-state index contributed by atoms with van der Waals surface area (Å²) in [7, 11) is 0. The van der Waals surface area contributed by atoms with Crippen molar-refractivity contribution < 1.29 is 14.9 Å². The molecule has 102 valence electrons. The first-order valence-electron chi connectivity index (χ1n) is 6.82. The first-order valence-corrected chi connectivity index (χ1v) is 6.82. The molecule has 0 aromatic carbocycles. The van der Waals surface area contributed by atoms with Gasteiger partial charge in [0.05, 0.1) is 6.10 Å². The molecule has 1 saturated carbocycles. The van der Waals surface area contributed by atoms with Crippen molar-refractivity contribution in [2.45, 2.75) is 71.9 Å². The van der Waals surface area contributed by atoms with Gasteiger partial charge in [-0.2, -0.15) is 0 Å². The van der Waals surface area contributed by atoms with Crippen LogP contribution in [-0.2, 0) is 4.74 Å². The zero-order chi connectivity index (χ0) is 13.2. The number of aliphatic hydroxyl groups is 2. The largest absolute Gasteiger partial charge is 0.388 e. The molecule has 0 aromatic rings. The Bertz CT molecular complexity index is 236. The fourth-order valence-electron chi connectivity index (χ4n) is 2.66. The maximum atomic E-state index is 10.1. The third kappa shape index (κ3) is 3.94. The molecule has 5 atom stereocenters. The van der Waals surface area contributed by atoms with Gasteiger partial charge >= 0.3 is 0 Å². The van der Waals surface area contributed by atoms with Crippen molar-refractivity contribution in [3.63, 3.8) is 0 Å². The molecule has 0 spiro atoms. The van der Waals surface area contributed by atoms with Crippen LogP contribution in [0.2, 0.25) is 0 Å². The molecule has 5 unspecified atom stereocenters. The molecular weight excluding hydrogens is 216 g/mol. The number of aliphatic hydroxyl groups excluding tert-OH is 1. The molecule has 0 radical (unpaired) electrons. The molecule has 0 saturated heterocycles. The van der Waals surface area contributed by atoms with Crippen molar-refractivity contribution in [1.82, 2.24) is 0 Å². The van der Waals surface area contributed by atoms with Gasteiger partial charge in [-0.15, -0.1) is 0 Å². The molecule has 1 fully saturated rings. The minimum absolute atomic E-state index is 0.0587. The van der Waals surface area contributed by atoms with Crippen LogP contribution in [0.4, 0.5) is 0 Å². The van der Waals surface area contributed by atoms with Gasteiger partial charge in [0.2, 0.25) is 0 Å². The van der Waals surface area contributed by atoms with Gasteiger partial charge in [0.15, 0.2) is 5.79 Å². The van der Waals surface area contributed by atoms with Crippen molar-refractivity contribution in [3.05, 3.63) is 0 Å². The van der Waals surface area contributed by atoms with E-state index in [1.807, 2.05) is 0 Å². The van der Waals surface area contributed by atoms with Gasteiger partial charge < -0.3 is 14.9 Å². The molecule has 0 heterocycles. The van der Waals surface area contributed by atoms with Crippen molar-refractivity contribution in [2.75, 3.05) is 0 Å². The summed E-state index contributed by atoms with van der Waals surface area (Å²) in [5.74, 6) is 0.239. The van der Waals surface area contributed by atoms with E-state index in [1.54, 1.807) is 13.8 Å². The fraction of sp³-hybridized carbons (Fsp3) is 1.00. The lowest BCUT2D eigenvalue weighted by Gasteiger charge is -2.41. The van der Waals surface area contributed by atoms with Crippen LogP contribution in [-0.4, -0.2) is 28.2 Å². The monoisotopic (exact) mass is 244 g/mol. The maximum absolute atomic E-state index is 10.1. The molecule has 1 rings (SSSR count). The van der Waals surface area contributed by atoms with Crippen molar-refractivity contribution in [2.24, 2.45) is 17.8 Å². The average Bonchev–Trinajstić information content (AvgIpc) is 2.15. The van der Waals surface area contributed by atoms with Crippen LogP contribution >= 0.6 is 0 Å². The van der Waals surface area contributed by atoms with E-state index in [4.69, 9.17) is 4.74 Å². The van der Waals surface area contributed by atoms with E-state index >= 15 is 0 Å². The number of hydrogen-bond donors (Lipinski definition) is 2. The van der Waals surface area contributed by atoms with Crippen LogP contribution in [0.3, 0.4) is 0 Å². The Hall–Kier alpha value is -0.120. The van der Waals surface area contributed by atoms with E-state index < -0.39 is 11.9 Å². The Morgan fingerprint density at radius 1 is 1.24 bits per heavy atom. The summed E-state index contributed by atoms with van der Waals surface area (Å²) in [6, 6.07) is 0. The summed E-state index contributed by atoms with van der Waals surface area (Å²) in [6.45, 7) is 9.75. The molecule has 0 aliphatic heterocycles. The summed E-state index contributed by atoms with van der Waals surface area (Å²) in [5, 5.41) is 19.6. The molecule has 3 heteroatoms. The highest BCUT2D eigenvalue weighted by molar-refractivity contribution is 4.83. The molecular formula is C14H28O3. The summed E-state index contributed by atoms with van der Waals surface area (Å²) in [6.07, 6.45) is 2.56. The highest BCUT2D eigenvalue weighted by Crippen LogP contribution is 2.37. The second-order valence-electron chi connectivity index (χ2n) is 6.21. The van der Waals surface area contributed by atoms with Crippen molar-refractivity contribution in [1.29, 1.82) is 0 Å². The van der Waals surface area contributed by atoms with Crippen LogP contribution in [0.25, 0.3) is 0 Å². The smallest absolute Gasteiger partial charge is 0.189 e. The zero-order valence-electron chi connectivity index (χ0n) is 11.8. The van der Waals surface area contributed by atoms with E-state index in [0.29, 0.717) is 17.8 Å². The summed E-state index contributed by atoms with van der Waals surface area (Å²) in [5.41, 5.74) is 0. The highest BCUT2D eigenvalue weighted by Gasteiger charge is 2.38. The minimum atomic E-state index is -1.44. The molecule has 0 amide bonds. The minimum Gasteiger partial charge on any atom is -0.388 e. The van der Waals surface area contributed by atoms with E-state index in [-0.39, 0.29) is 6.10 Å². The Balaban J connectivity index is 2.70. The van der Waals surface area contributed by atoms with Gasteiger partial charge in [-0.25, -0.2) is 0 Å². The van der Waals surface area contributed by atoms with Crippen LogP contribution < -0.4 is 0 Å². The molecule has 17 heavy (non-hydrogen) atoms. The Kier molecular flexibility index (Phi) is 4.99. The molecule has 0 aromatic heterocycles. The predicted octanol–water partition coefficient (Wildman–Crippen LogP) is 2.55. The normalized spacial score (nSPS) is 35.6. The quantitative estimate of drug-likeness (QED) is 0.747. The van der Waals surface area contributed by atoms with Gasteiger partial charge in [-0.05, 0) is 44.4 Å². The topological polar surface area (TPSA) is 49.7 Å². The second kappa shape index (κ2) is 5.68. The first kappa shape index (κ1) is 14.9. The predicted molar refractivity (Wildman–Crippen MR) is 68.5 cm³/mol. The van der Waals surface area contributed by atoms with Gasteiger partial charge in [0.1, 0.15) is 6.10 Å². The first-order chi connectivity index (χ1) is 7.74. The van der Waals surface area contributed by atoms with E-state index in [1.165, 1.54) is 6.42 Å². The number of hydrogen-bond acceptors (Lipinski definition) is 3. The van der Waals surface area contributed by atoms with Gasteiger partial charge in [0, 0.05) is 0 Å². The lowest BCUT2D eigenvalue weighted by molar-refractivity contribution is -0.277. The van der Waals surface area contributed by atoms with Gasteiger partial charge in [0.25, 0.3) is 0 Å². The third-order valence-corrected chi connectivity index (χ3v) is 4.13. The standard InChI is InChI=1S/C14H28O3/c1-9(2)12-7-6-10(3)8-13(12)17-14(5,16)11(4)15/h9-13,15-16H,6-8H2,1-5H3. The SMILES string of the molecule is CC1CCC(C(C)C)C(OC(C)(O)C(C)O)C1. The summed E-state index contributed by atoms with van der Waals surface area (Å²) >= 11 is 0. The van der Waals surface area contributed by atoms with Crippen LogP contribution in [0.15, 0.2) is 0 Å². The van der Waals surface area contributed by atoms with Gasteiger partial charge in [-0.1, -0.05) is 27.2 Å². The van der Waals surface area contributed by atoms with Crippen LogP contribution in [0, 0.1) is 17.8 Å². The van der Waals surface area contributed by atoms with Crippen LogP contribution in [0.5, 0.6) is 0 Å². The second-order valence-corrected chi connectivity index (χ2v) is 6.21. The molecule has 2 N–H and O–H groups in total. The number of rotatable bonds is 4. The van der Waals surface area contributed by atoms with Gasteiger partial charge in [-0.3, -0.25) is 0 Å². The van der Waals surface area contributed by atoms with E-state index in [9.17, 15) is 10.2 Å². The lowest BCUT2D eigenvalue weighted by Crippen LogP contribution is -2.47.